The van der Waals surface area contributed by atoms with Crippen LogP contribution >= 0.6 is 0 Å². The van der Waals surface area contributed by atoms with Gasteiger partial charge in [0, 0.05) is 0 Å². The van der Waals surface area contributed by atoms with E-state index >= 15 is 0 Å². The van der Waals surface area contributed by atoms with Gasteiger partial charge in [-0.3, -0.25) is 0 Å². The quantitative estimate of drug-likeness (QED) is 0.279. The van der Waals surface area contributed by atoms with E-state index in [2.05, 4.69) is 79.4 Å². The molecule has 0 nitrogen and oxygen atoms in total. The summed E-state index contributed by atoms with van der Waals surface area (Å²) in [5, 5.41) is 8.04. The minimum atomic E-state index is 1.17. The Balaban J connectivity index is 0.000000178. The second-order valence-corrected chi connectivity index (χ2v) is 6.25. The third-order valence-corrected chi connectivity index (χ3v) is 4.69. The summed E-state index contributed by atoms with van der Waals surface area (Å²) in [6.45, 7) is 3.63. The summed E-state index contributed by atoms with van der Waals surface area (Å²) in [5.41, 5.74) is 1.17. The normalized spacial score (nSPS) is 10.5. The largest absolute Gasteiger partial charge is 0.0985 e. The van der Waals surface area contributed by atoms with Gasteiger partial charge in [-0.25, -0.2) is 0 Å². The van der Waals surface area contributed by atoms with Crippen LogP contribution in [0.3, 0.4) is 0 Å². The Morgan fingerprint density at radius 2 is 0.654 bits per heavy atom. The molecule has 5 aromatic rings. The Morgan fingerprint density at radius 3 is 0.885 bits per heavy atom. The molecule has 0 amide bonds. The molecule has 0 aliphatic rings. The maximum Gasteiger partial charge on any atom is -0.00990 e. The molecule has 0 aliphatic carbocycles. The Labute approximate surface area is 154 Å². The molecule has 0 spiro atoms. The van der Waals surface area contributed by atoms with Gasteiger partial charge >= 0.3 is 0 Å². The molecule has 0 N–H and O–H groups in total. The Bertz CT molecular complexity index is 963. The first-order valence-corrected chi connectivity index (χ1v) is 8.84. The van der Waals surface area contributed by atoms with Gasteiger partial charge in [0.15, 0.2) is 0 Å². The average molecular weight is 332 g/mol. The van der Waals surface area contributed by atoms with Gasteiger partial charge in [0.2, 0.25) is 0 Å². The van der Waals surface area contributed by atoms with Crippen molar-refractivity contribution in [3.05, 3.63) is 115 Å². The van der Waals surface area contributed by atoms with Crippen LogP contribution in [0.5, 0.6) is 0 Å². The highest BCUT2D eigenvalue weighted by Crippen LogP contribution is 2.34. The third kappa shape index (κ3) is 2.98. The molecule has 0 bridgehead atoms. The van der Waals surface area contributed by atoms with E-state index in [-0.39, 0.29) is 0 Å². The molecule has 0 heteroatoms. The van der Waals surface area contributed by atoms with Gasteiger partial charge in [0.1, 0.15) is 0 Å². The molecule has 0 unspecified atom stereocenters. The summed E-state index contributed by atoms with van der Waals surface area (Å²) in [5.74, 6) is 0. The van der Waals surface area contributed by atoms with Gasteiger partial charge in [-0.05, 0) is 37.9 Å². The SMILES string of the molecule is C=Cc1ccccc1.c1ccc2c(c1)c1ccccc1c1ccccc21. The molecular formula is C26H20. The molecule has 26 heavy (non-hydrogen) atoms. The van der Waals surface area contributed by atoms with Crippen LogP contribution in [0.1, 0.15) is 5.56 Å². The Kier molecular flexibility index (Phi) is 4.49. The fourth-order valence-electron chi connectivity index (χ4n) is 3.45. The van der Waals surface area contributed by atoms with Gasteiger partial charge in [-0.15, -0.1) is 0 Å². The van der Waals surface area contributed by atoms with Crippen molar-refractivity contribution >= 4 is 38.4 Å². The standard InChI is InChI=1S/C18H12.C8H8/c1-2-8-14-13(7-1)15-9-3-4-11-17(15)18-12-6-5-10-16(14)18;1-2-8-6-4-3-5-7-8/h1-12H;2-7H,1H2. The predicted octanol–water partition coefficient (Wildman–Crippen LogP) is 7.48. The first kappa shape index (κ1) is 16.1. The van der Waals surface area contributed by atoms with E-state index in [4.69, 9.17) is 0 Å². The Hall–Kier alpha value is -3.38. The van der Waals surface area contributed by atoms with E-state index in [1.54, 1.807) is 0 Å². The number of hydrogen-bond donors (Lipinski definition) is 0. The average Bonchev–Trinajstić information content (AvgIpc) is 2.75. The van der Waals surface area contributed by atoms with Crippen molar-refractivity contribution in [3.8, 4) is 0 Å². The fraction of sp³-hybridized carbons (Fsp3) is 0. The molecule has 124 valence electrons. The molecule has 0 aromatic heterocycles. The van der Waals surface area contributed by atoms with Gasteiger partial charge < -0.3 is 0 Å². The topological polar surface area (TPSA) is 0 Å². The van der Waals surface area contributed by atoms with Crippen LogP contribution < -0.4 is 0 Å². The van der Waals surface area contributed by atoms with E-state index in [0.29, 0.717) is 0 Å². The van der Waals surface area contributed by atoms with Crippen molar-refractivity contribution in [1.29, 1.82) is 0 Å². The monoisotopic (exact) mass is 332 g/mol. The second kappa shape index (κ2) is 7.25. The lowest BCUT2D eigenvalue weighted by Gasteiger charge is -2.09. The van der Waals surface area contributed by atoms with E-state index in [9.17, 15) is 0 Å². The van der Waals surface area contributed by atoms with Gasteiger partial charge in [0.25, 0.3) is 0 Å². The minimum absolute atomic E-state index is 1.17. The summed E-state index contributed by atoms with van der Waals surface area (Å²) in [6, 6.07) is 36.0. The molecule has 5 aromatic carbocycles. The van der Waals surface area contributed by atoms with E-state index < -0.39 is 0 Å². The molecule has 0 radical (unpaired) electrons. The van der Waals surface area contributed by atoms with Gasteiger partial charge in [0.05, 0.1) is 0 Å². The summed E-state index contributed by atoms with van der Waals surface area (Å²) in [4.78, 5) is 0. The van der Waals surface area contributed by atoms with Crippen molar-refractivity contribution in [3.63, 3.8) is 0 Å². The molecule has 0 saturated carbocycles. The number of hydrogen-bond acceptors (Lipinski definition) is 0. The van der Waals surface area contributed by atoms with Crippen molar-refractivity contribution in [1.82, 2.24) is 0 Å². The highest BCUT2D eigenvalue weighted by molar-refractivity contribution is 6.25. The third-order valence-electron chi connectivity index (χ3n) is 4.69. The zero-order valence-electron chi connectivity index (χ0n) is 14.6. The lowest BCUT2D eigenvalue weighted by molar-refractivity contribution is 1.67. The van der Waals surface area contributed by atoms with E-state index in [1.807, 2.05) is 36.4 Å². The van der Waals surface area contributed by atoms with E-state index in [0.717, 1.165) is 0 Å². The second-order valence-electron chi connectivity index (χ2n) is 6.25. The Morgan fingerprint density at radius 1 is 0.385 bits per heavy atom. The zero-order valence-corrected chi connectivity index (χ0v) is 14.6. The predicted molar refractivity (Wildman–Crippen MR) is 115 cm³/mol. The highest BCUT2D eigenvalue weighted by atomic mass is 14.1. The van der Waals surface area contributed by atoms with Gasteiger partial charge in [-0.2, -0.15) is 0 Å². The van der Waals surface area contributed by atoms with Crippen molar-refractivity contribution in [2.45, 2.75) is 0 Å². The molecule has 0 heterocycles. The van der Waals surface area contributed by atoms with Crippen molar-refractivity contribution in [2.24, 2.45) is 0 Å². The fourth-order valence-corrected chi connectivity index (χ4v) is 3.45. The van der Waals surface area contributed by atoms with E-state index in [1.165, 1.54) is 37.9 Å². The molecular weight excluding hydrogens is 312 g/mol. The molecule has 0 atom stereocenters. The van der Waals surface area contributed by atoms with Crippen LogP contribution in [0.4, 0.5) is 0 Å². The lowest BCUT2D eigenvalue weighted by atomic mass is 9.95. The van der Waals surface area contributed by atoms with Crippen LogP contribution in [0.2, 0.25) is 0 Å². The smallest absolute Gasteiger partial charge is 0.00990 e. The number of fused-ring (bicyclic) bond motifs is 6. The highest BCUT2D eigenvalue weighted by Gasteiger charge is 2.06. The molecule has 0 aliphatic heterocycles. The summed E-state index contributed by atoms with van der Waals surface area (Å²) in [6.07, 6.45) is 1.83. The number of rotatable bonds is 1. The van der Waals surface area contributed by atoms with Crippen LogP contribution in [-0.2, 0) is 0 Å². The molecule has 0 fully saturated rings. The summed E-state index contributed by atoms with van der Waals surface area (Å²) >= 11 is 0. The zero-order chi connectivity index (χ0) is 17.8. The maximum atomic E-state index is 3.63. The first-order valence-electron chi connectivity index (χ1n) is 8.84. The summed E-state index contributed by atoms with van der Waals surface area (Å²) in [7, 11) is 0. The van der Waals surface area contributed by atoms with Crippen LogP contribution in [0.25, 0.3) is 38.4 Å². The summed E-state index contributed by atoms with van der Waals surface area (Å²) < 4.78 is 0. The minimum Gasteiger partial charge on any atom is -0.0985 e. The molecule has 5 rings (SSSR count). The van der Waals surface area contributed by atoms with Crippen LogP contribution in [0, 0.1) is 0 Å². The first-order chi connectivity index (χ1) is 12.9. The number of benzene rings is 5. The van der Waals surface area contributed by atoms with Crippen LogP contribution in [0.15, 0.2) is 110 Å². The van der Waals surface area contributed by atoms with Gasteiger partial charge in [-0.1, -0.05) is 116 Å². The molecule has 0 saturated heterocycles. The lowest BCUT2D eigenvalue weighted by Crippen LogP contribution is -1.81. The maximum absolute atomic E-state index is 3.63. The van der Waals surface area contributed by atoms with Crippen molar-refractivity contribution in [2.75, 3.05) is 0 Å². The van der Waals surface area contributed by atoms with Crippen molar-refractivity contribution < 1.29 is 0 Å². The van der Waals surface area contributed by atoms with Crippen LogP contribution in [-0.4, -0.2) is 0 Å².